The second-order valence-electron chi connectivity index (χ2n) is 3.46. The van der Waals surface area contributed by atoms with Gasteiger partial charge in [-0.3, -0.25) is 0 Å². The first kappa shape index (κ1) is 11.3. The number of fused-ring (bicyclic) bond motifs is 1. The van der Waals surface area contributed by atoms with Gasteiger partial charge in [0, 0.05) is 5.39 Å². The van der Waals surface area contributed by atoms with Crippen LogP contribution in [0.1, 0.15) is 0 Å². The predicted octanol–water partition coefficient (Wildman–Crippen LogP) is 0.487. The van der Waals surface area contributed by atoms with Gasteiger partial charge in [-0.15, -0.1) is 0 Å². The van der Waals surface area contributed by atoms with Crippen molar-refractivity contribution in [3.63, 3.8) is 0 Å². The molecule has 2 rings (SSSR count). The van der Waals surface area contributed by atoms with Crippen molar-refractivity contribution < 1.29 is 15.0 Å². The largest absolute Gasteiger partial charge is 0.480 e. The fourth-order valence-corrected chi connectivity index (χ4v) is 1.47. The molecule has 1 aromatic heterocycles. The highest BCUT2D eigenvalue weighted by Gasteiger charge is 2.17. The SMILES string of the molecule is O=C(O)[C@@H](CO)Nc1ncnc2ccccc12. The molecule has 6 heteroatoms. The molecule has 0 amide bonds. The molecule has 88 valence electrons. The molecule has 1 aromatic carbocycles. The number of aliphatic hydroxyl groups excluding tert-OH is 1. The maximum atomic E-state index is 10.8. The molecule has 17 heavy (non-hydrogen) atoms. The average Bonchev–Trinajstić information content (AvgIpc) is 2.35. The van der Waals surface area contributed by atoms with Gasteiger partial charge in [0.15, 0.2) is 0 Å². The second kappa shape index (κ2) is 4.75. The molecule has 0 spiro atoms. The number of anilines is 1. The van der Waals surface area contributed by atoms with E-state index in [1.165, 1.54) is 6.33 Å². The number of carboxylic acid groups (broad SMARTS) is 1. The van der Waals surface area contributed by atoms with Gasteiger partial charge in [0.1, 0.15) is 18.2 Å². The summed E-state index contributed by atoms with van der Waals surface area (Å²) in [6, 6.07) is 6.16. The molecular formula is C11H11N3O3. The zero-order valence-corrected chi connectivity index (χ0v) is 8.87. The highest BCUT2D eigenvalue weighted by molar-refractivity contribution is 5.90. The molecule has 6 nitrogen and oxygen atoms in total. The van der Waals surface area contributed by atoms with Gasteiger partial charge in [0.05, 0.1) is 12.1 Å². The second-order valence-corrected chi connectivity index (χ2v) is 3.46. The summed E-state index contributed by atoms with van der Waals surface area (Å²) in [7, 11) is 0. The summed E-state index contributed by atoms with van der Waals surface area (Å²) in [5.41, 5.74) is 0.715. The zero-order chi connectivity index (χ0) is 12.3. The number of aliphatic carboxylic acids is 1. The molecule has 0 unspecified atom stereocenters. The van der Waals surface area contributed by atoms with Crippen LogP contribution in [0.4, 0.5) is 5.82 Å². The maximum absolute atomic E-state index is 10.8. The molecule has 0 saturated heterocycles. The summed E-state index contributed by atoms with van der Waals surface area (Å²) in [4.78, 5) is 18.8. The minimum Gasteiger partial charge on any atom is -0.480 e. The lowest BCUT2D eigenvalue weighted by molar-refractivity contribution is -0.138. The van der Waals surface area contributed by atoms with Crippen LogP contribution in [0.5, 0.6) is 0 Å². The first-order valence-corrected chi connectivity index (χ1v) is 5.02. The standard InChI is InChI=1S/C11H11N3O3/c15-5-9(11(16)17)14-10-7-3-1-2-4-8(7)12-6-13-10/h1-4,6,9,15H,5H2,(H,16,17)(H,12,13,14)/t9-/m1/s1. The third-order valence-corrected chi connectivity index (χ3v) is 2.33. The van der Waals surface area contributed by atoms with Gasteiger partial charge in [-0.2, -0.15) is 0 Å². The smallest absolute Gasteiger partial charge is 0.328 e. The monoisotopic (exact) mass is 233 g/mol. The summed E-state index contributed by atoms with van der Waals surface area (Å²) in [5, 5.41) is 21.2. The van der Waals surface area contributed by atoms with Crippen LogP contribution >= 0.6 is 0 Å². The fraction of sp³-hybridized carbons (Fsp3) is 0.182. The summed E-state index contributed by atoms with van der Waals surface area (Å²) in [6.45, 7) is -0.506. The van der Waals surface area contributed by atoms with Crippen LogP contribution < -0.4 is 5.32 Å². The van der Waals surface area contributed by atoms with Crippen LogP contribution in [0.2, 0.25) is 0 Å². The van der Waals surface area contributed by atoms with E-state index in [0.717, 1.165) is 5.39 Å². The number of para-hydroxylation sites is 1. The molecular weight excluding hydrogens is 222 g/mol. The van der Waals surface area contributed by atoms with E-state index in [1.54, 1.807) is 12.1 Å². The van der Waals surface area contributed by atoms with Crippen LogP contribution in [0.25, 0.3) is 10.9 Å². The number of aliphatic hydroxyl groups is 1. The van der Waals surface area contributed by atoms with Crippen molar-refractivity contribution in [2.75, 3.05) is 11.9 Å². The maximum Gasteiger partial charge on any atom is 0.328 e. The average molecular weight is 233 g/mol. The summed E-state index contributed by atoms with van der Waals surface area (Å²) in [5.74, 6) is -0.729. The molecule has 3 N–H and O–H groups in total. The number of aromatic nitrogens is 2. The van der Waals surface area contributed by atoms with Gasteiger partial charge in [0.2, 0.25) is 0 Å². The van der Waals surface area contributed by atoms with Crippen molar-refractivity contribution in [3.8, 4) is 0 Å². The van der Waals surface area contributed by atoms with Crippen LogP contribution in [0.3, 0.4) is 0 Å². The Labute approximate surface area is 96.9 Å². The molecule has 0 aliphatic carbocycles. The van der Waals surface area contributed by atoms with Gasteiger partial charge >= 0.3 is 5.97 Å². The van der Waals surface area contributed by atoms with E-state index in [9.17, 15) is 4.79 Å². The Morgan fingerprint density at radius 2 is 2.12 bits per heavy atom. The Hall–Kier alpha value is -2.21. The third-order valence-electron chi connectivity index (χ3n) is 2.33. The van der Waals surface area contributed by atoms with Gasteiger partial charge in [-0.1, -0.05) is 12.1 Å². The molecule has 1 heterocycles. The van der Waals surface area contributed by atoms with Crippen LogP contribution in [0, 0.1) is 0 Å². The van der Waals surface area contributed by atoms with Crippen molar-refractivity contribution in [2.45, 2.75) is 6.04 Å². The number of rotatable bonds is 4. The van der Waals surface area contributed by atoms with Gasteiger partial charge in [0.25, 0.3) is 0 Å². The van der Waals surface area contributed by atoms with E-state index >= 15 is 0 Å². The van der Waals surface area contributed by atoms with Gasteiger partial charge in [-0.05, 0) is 12.1 Å². The van der Waals surface area contributed by atoms with Crippen molar-refractivity contribution >= 4 is 22.7 Å². The topological polar surface area (TPSA) is 95.3 Å². The van der Waals surface area contributed by atoms with Crippen molar-refractivity contribution in [3.05, 3.63) is 30.6 Å². The number of carbonyl (C=O) groups is 1. The van der Waals surface area contributed by atoms with Crippen LogP contribution in [-0.2, 0) is 4.79 Å². The normalized spacial score (nSPS) is 12.3. The van der Waals surface area contributed by atoms with E-state index in [2.05, 4.69) is 15.3 Å². The summed E-state index contributed by atoms with van der Waals surface area (Å²) in [6.07, 6.45) is 1.35. The Bertz CT molecular complexity index is 539. The highest BCUT2D eigenvalue weighted by Crippen LogP contribution is 2.18. The fourth-order valence-electron chi connectivity index (χ4n) is 1.47. The molecule has 2 aromatic rings. The van der Waals surface area contributed by atoms with Crippen LogP contribution in [-0.4, -0.2) is 38.8 Å². The lowest BCUT2D eigenvalue weighted by Gasteiger charge is -2.13. The predicted molar refractivity (Wildman–Crippen MR) is 61.7 cm³/mol. The number of hydrogen-bond acceptors (Lipinski definition) is 5. The Morgan fingerprint density at radius 3 is 2.82 bits per heavy atom. The number of nitrogens with one attached hydrogen (secondary N) is 1. The zero-order valence-electron chi connectivity index (χ0n) is 8.87. The highest BCUT2D eigenvalue weighted by atomic mass is 16.4. The molecule has 0 fully saturated rings. The van der Waals surface area contributed by atoms with Crippen molar-refractivity contribution in [1.29, 1.82) is 0 Å². The first-order chi connectivity index (χ1) is 8.22. The van der Waals surface area contributed by atoms with E-state index in [1.807, 2.05) is 12.1 Å². The minimum absolute atomic E-state index is 0.400. The lowest BCUT2D eigenvalue weighted by atomic mass is 10.2. The Morgan fingerprint density at radius 1 is 1.35 bits per heavy atom. The molecule has 0 bridgehead atoms. The number of hydrogen-bond donors (Lipinski definition) is 3. The summed E-state index contributed by atoms with van der Waals surface area (Å²) < 4.78 is 0. The number of carboxylic acids is 1. The number of nitrogens with zero attached hydrogens (tertiary/aromatic N) is 2. The van der Waals surface area contributed by atoms with E-state index < -0.39 is 18.6 Å². The van der Waals surface area contributed by atoms with E-state index in [-0.39, 0.29) is 0 Å². The van der Waals surface area contributed by atoms with Gasteiger partial charge < -0.3 is 15.5 Å². The third kappa shape index (κ3) is 2.31. The van der Waals surface area contributed by atoms with E-state index in [0.29, 0.717) is 11.3 Å². The molecule has 0 saturated carbocycles. The van der Waals surface area contributed by atoms with Gasteiger partial charge in [-0.25, -0.2) is 14.8 Å². The number of benzene rings is 1. The minimum atomic E-state index is -1.13. The van der Waals surface area contributed by atoms with Crippen LogP contribution in [0.15, 0.2) is 30.6 Å². The summed E-state index contributed by atoms with van der Waals surface area (Å²) >= 11 is 0. The molecule has 0 aliphatic heterocycles. The van der Waals surface area contributed by atoms with Crippen molar-refractivity contribution in [1.82, 2.24) is 9.97 Å². The van der Waals surface area contributed by atoms with E-state index in [4.69, 9.17) is 10.2 Å². The molecule has 0 aliphatic rings. The van der Waals surface area contributed by atoms with Crippen molar-refractivity contribution in [2.24, 2.45) is 0 Å². The lowest BCUT2D eigenvalue weighted by Crippen LogP contribution is -2.33. The molecule has 0 radical (unpaired) electrons. The molecule has 1 atom stereocenters. The Kier molecular flexibility index (Phi) is 3.15. The quantitative estimate of drug-likeness (QED) is 0.711. The first-order valence-electron chi connectivity index (χ1n) is 5.02. The Balaban J connectivity index is 2.38.